The molecule has 0 aromatic heterocycles. The molecule has 162 valence electrons. The topological polar surface area (TPSA) is 92.8 Å². The van der Waals surface area contributed by atoms with Crippen LogP contribution in [-0.4, -0.2) is 41.7 Å². The molecule has 1 aromatic carbocycles. The number of esters is 1. The Morgan fingerprint density at radius 1 is 1.03 bits per heavy atom. The third-order valence-corrected chi connectivity index (χ3v) is 7.16. The zero-order chi connectivity index (χ0) is 21.7. The summed E-state index contributed by atoms with van der Waals surface area (Å²) < 4.78 is 5.08. The van der Waals surface area contributed by atoms with Crippen molar-refractivity contribution in [1.82, 2.24) is 4.90 Å². The summed E-state index contributed by atoms with van der Waals surface area (Å²) in [6.07, 6.45) is 6.22. The Bertz CT molecular complexity index is 933. The number of likely N-dealkylation sites (tertiary alicyclic amines) is 1. The summed E-state index contributed by atoms with van der Waals surface area (Å²) >= 11 is 0. The molecule has 1 heterocycles. The minimum Gasteiger partial charge on any atom is -0.462 e. The molecule has 0 unspecified atom stereocenters. The number of carbonyl (C=O) groups excluding carboxylic acids is 4. The molecule has 31 heavy (non-hydrogen) atoms. The van der Waals surface area contributed by atoms with E-state index in [9.17, 15) is 19.2 Å². The van der Waals surface area contributed by atoms with Crippen molar-refractivity contribution in [3.63, 3.8) is 0 Å². The maximum absolute atomic E-state index is 12.9. The molecule has 1 aromatic rings. The van der Waals surface area contributed by atoms with Gasteiger partial charge in [0.05, 0.1) is 24.0 Å². The van der Waals surface area contributed by atoms with Gasteiger partial charge in [-0.15, -0.1) is 0 Å². The summed E-state index contributed by atoms with van der Waals surface area (Å²) in [6, 6.07) is 6.47. The lowest BCUT2D eigenvalue weighted by Crippen LogP contribution is -2.40. The highest BCUT2D eigenvalue weighted by atomic mass is 16.5. The fourth-order valence-corrected chi connectivity index (χ4v) is 5.64. The Hall–Kier alpha value is -2.96. The van der Waals surface area contributed by atoms with E-state index < -0.39 is 5.97 Å². The summed E-state index contributed by atoms with van der Waals surface area (Å²) in [4.78, 5) is 51.4. The summed E-state index contributed by atoms with van der Waals surface area (Å²) in [6.45, 7) is 2.39. The molecule has 7 nitrogen and oxygen atoms in total. The van der Waals surface area contributed by atoms with Crippen LogP contribution in [0.3, 0.4) is 0 Å². The number of imide groups is 1. The standard InChI is InChI=1S/C24H26N2O5/c1-2-11-31-24(30)13-3-5-14(6-4-13)25-19(27)9-10-26-22(28)20-15-7-8-16(18-12-17(15)18)21(20)23(26)29/h3-8,15-18,20-21H,2,9-12H2,1H3,(H,25,27)/t15-,16-,17-,18-,20-,21+/m1/s1. The fourth-order valence-electron chi connectivity index (χ4n) is 5.64. The number of carbonyl (C=O) groups is 4. The van der Waals surface area contributed by atoms with Crippen LogP contribution in [-0.2, 0) is 19.1 Å². The molecule has 5 aliphatic rings. The first kappa shape index (κ1) is 20.0. The number of allylic oxidation sites excluding steroid dienone is 2. The van der Waals surface area contributed by atoms with Crippen LogP contribution in [0, 0.1) is 35.5 Å². The van der Waals surface area contributed by atoms with E-state index in [2.05, 4.69) is 17.5 Å². The Morgan fingerprint density at radius 3 is 2.23 bits per heavy atom. The largest absolute Gasteiger partial charge is 0.462 e. The summed E-state index contributed by atoms with van der Waals surface area (Å²) in [7, 11) is 0. The normalized spacial score (nSPS) is 32.0. The van der Waals surface area contributed by atoms with E-state index in [0.29, 0.717) is 29.7 Å². The van der Waals surface area contributed by atoms with E-state index in [1.54, 1.807) is 24.3 Å². The molecule has 0 spiro atoms. The number of ether oxygens (including phenoxy) is 1. The highest BCUT2D eigenvalue weighted by Gasteiger charge is 2.66. The first-order valence-electron chi connectivity index (χ1n) is 11.1. The van der Waals surface area contributed by atoms with Crippen molar-refractivity contribution in [2.75, 3.05) is 18.5 Å². The summed E-state index contributed by atoms with van der Waals surface area (Å²) in [5.74, 6) is 0.176. The van der Waals surface area contributed by atoms with Gasteiger partial charge in [-0.2, -0.15) is 0 Å². The van der Waals surface area contributed by atoms with E-state index in [0.717, 1.165) is 12.8 Å². The van der Waals surface area contributed by atoms with Gasteiger partial charge in [-0.25, -0.2) is 4.79 Å². The number of hydrogen-bond acceptors (Lipinski definition) is 5. The Morgan fingerprint density at radius 2 is 1.65 bits per heavy atom. The van der Waals surface area contributed by atoms with E-state index in [1.165, 1.54) is 4.90 Å². The second-order valence-electron chi connectivity index (χ2n) is 8.99. The molecule has 7 heteroatoms. The lowest BCUT2D eigenvalue weighted by atomic mass is 9.63. The van der Waals surface area contributed by atoms with E-state index >= 15 is 0 Å². The van der Waals surface area contributed by atoms with Gasteiger partial charge in [-0.3, -0.25) is 19.3 Å². The van der Waals surface area contributed by atoms with Crippen molar-refractivity contribution in [1.29, 1.82) is 0 Å². The van der Waals surface area contributed by atoms with Crippen molar-refractivity contribution >= 4 is 29.4 Å². The third kappa shape index (κ3) is 3.36. The molecule has 1 saturated heterocycles. The lowest BCUT2D eigenvalue weighted by Gasteiger charge is -2.37. The van der Waals surface area contributed by atoms with Crippen molar-refractivity contribution in [2.45, 2.75) is 26.2 Å². The molecule has 3 amide bonds. The number of amides is 3. The Kier molecular flexibility index (Phi) is 4.91. The predicted molar refractivity (Wildman–Crippen MR) is 112 cm³/mol. The SMILES string of the molecule is CCCOC(=O)c1ccc(NC(=O)CCN2C(=O)[C@@H]3[C@@H]4C=C[C@H]([C@H]5C[C@H]45)[C@@H]3C2=O)cc1. The van der Waals surface area contributed by atoms with Gasteiger partial charge in [0.1, 0.15) is 0 Å². The lowest BCUT2D eigenvalue weighted by molar-refractivity contribution is -0.140. The van der Waals surface area contributed by atoms with Crippen LogP contribution in [0.4, 0.5) is 5.69 Å². The van der Waals surface area contributed by atoms with Crippen LogP contribution < -0.4 is 5.32 Å². The molecule has 6 rings (SSSR count). The highest BCUT2D eigenvalue weighted by Crippen LogP contribution is 2.65. The maximum atomic E-state index is 12.9. The van der Waals surface area contributed by atoms with Crippen molar-refractivity contribution < 1.29 is 23.9 Å². The van der Waals surface area contributed by atoms with Crippen LogP contribution in [0.5, 0.6) is 0 Å². The van der Waals surface area contributed by atoms with Gasteiger partial charge < -0.3 is 10.1 Å². The molecule has 3 fully saturated rings. The van der Waals surface area contributed by atoms with Crippen LogP contribution in [0.2, 0.25) is 0 Å². The number of anilines is 1. The van der Waals surface area contributed by atoms with Gasteiger partial charge in [-0.1, -0.05) is 19.1 Å². The van der Waals surface area contributed by atoms with Gasteiger partial charge in [0.15, 0.2) is 0 Å². The van der Waals surface area contributed by atoms with Crippen LogP contribution in [0.25, 0.3) is 0 Å². The first-order chi connectivity index (χ1) is 15.0. The number of nitrogens with one attached hydrogen (secondary N) is 1. The molecule has 4 aliphatic carbocycles. The minimum atomic E-state index is -0.395. The van der Waals surface area contributed by atoms with Crippen LogP contribution >= 0.6 is 0 Å². The van der Waals surface area contributed by atoms with E-state index in [1.807, 2.05) is 6.92 Å². The van der Waals surface area contributed by atoms with Crippen LogP contribution in [0.1, 0.15) is 36.5 Å². The Labute approximate surface area is 180 Å². The van der Waals surface area contributed by atoms with Gasteiger partial charge in [-0.05, 0) is 60.8 Å². The van der Waals surface area contributed by atoms with Gasteiger partial charge in [0, 0.05) is 18.7 Å². The molecule has 1 N–H and O–H groups in total. The predicted octanol–water partition coefficient (Wildman–Crippen LogP) is 2.64. The number of benzene rings is 1. The molecule has 1 aliphatic heterocycles. The van der Waals surface area contributed by atoms with Gasteiger partial charge >= 0.3 is 5.97 Å². The average molecular weight is 422 g/mol. The Balaban J connectivity index is 1.16. The van der Waals surface area contributed by atoms with Gasteiger partial charge in [0.2, 0.25) is 17.7 Å². The number of nitrogens with zero attached hydrogens (tertiary/aromatic N) is 1. The first-order valence-corrected chi connectivity index (χ1v) is 11.1. The number of rotatable bonds is 7. The molecule has 0 radical (unpaired) electrons. The second kappa shape index (κ2) is 7.62. The molecule has 2 bridgehead atoms. The summed E-state index contributed by atoms with van der Waals surface area (Å²) in [5.41, 5.74) is 0.968. The third-order valence-electron chi connectivity index (χ3n) is 7.16. The van der Waals surface area contributed by atoms with E-state index in [4.69, 9.17) is 4.74 Å². The second-order valence-corrected chi connectivity index (χ2v) is 8.99. The monoisotopic (exact) mass is 422 g/mol. The van der Waals surface area contributed by atoms with Crippen molar-refractivity contribution in [2.24, 2.45) is 35.5 Å². The van der Waals surface area contributed by atoms with Crippen molar-refractivity contribution in [3.05, 3.63) is 42.0 Å². The average Bonchev–Trinajstić information content (AvgIpc) is 3.56. The van der Waals surface area contributed by atoms with Crippen LogP contribution in [0.15, 0.2) is 36.4 Å². The fraction of sp³-hybridized carbons (Fsp3) is 0.500. The zero-order valence-corrected chi connectivity index (χ0v) is 17.5. The highest BCUT2D eigenvalue weighted by molar-refractivity contribution is 6.06. The summed E-state index contributed by atoms with van der Waals surface area (Å²) in [5, 5.41) is 2.76. The molecule has 2 saturated carbocycles. The van der Waals surface area contributed by atoms with Crippen molar-refractivity contribution in [3.8, 4) is 0 Å². The molecular weight excluding hydrogens is 396 g/mol. The van der Waals surface area contributed by atoms with Gasteiger partial charge in [0.25, 0.3) is 0 Å². The molecule has 6 atom stereocenters. The minimum absolute atomic E-state index is 0.0484. The van der Waals surface area contributed by atoms with E-state index in [-0.39, 0.29) is 54.4 Å². The maximum Gasteiger partial charge on any atom is 0.338 e. The molecular formula is C24H26N2O5. The quantitative estimate of drug-likeness (QED) is 0.414. The zero-order valence-electron chi connectivity index (χ0n) is 17.5. The number of hydrogen-bond donors (Lipinski definition) is 1. The smallest absolute Gasteiger partial charge is 0.338 e.